The van der Waals surface area contributed by atoms with Gasteiger partial charge in [0.25, 0.3) is 5.91 Å². The minimum atomic E-state index is -0.283. The van der Waals surface area contributed by atoms with Gasteiger partial charge in [0.15, 0.2) is 0 Å². The van der Waals surface area contributed by atoms with E-state index < -0.39 is 0 Å². The van der Waals surface area contributed by atoms with Gasteiger partial charge in [-0.1, -0.05) is 23.2 Å². The highest BCUT2D eigenvalue weighted by molar-refractivity contribution is 7.99. The van der Waals surface area contributed by atoms with Crippen LogP contribution in [0.4, 0.5) is 11.4 Å². The summed E-state index contributed by atoms with van der Waals surface area (Å²) in [4.78, 5) is 25.0. The number of hydrogen-bond donors (Lipinski definition) is 2. The normalized spacial score (nSPS) is 13.7. The molecule has 0 saturated carbocycles. The molecule has 0 saturated heterocycles. The van der Waals surface area contributed by atoms with Crippen LogP contribution < -0.4 is 10.6 Å². The molecule has 0 bridgehead atoms. The molecule has 2 amide bonds. The van der Waals surface area contributed by atoms with Gasteiger partial charge in [0.2, 0.25) is 5.91 Å². The van der Waals surface area contributed by atoms with Gasteiger partial charge in [-0.15, -0.1) is 11.8 Å². The summed E-state index contributed by atoms with van der Waals surface area (Å²) < 4.78 is 0. The van der Waals surface area contributed by atoms with Crippen molar-refractivity contribution in [2.75, 3.05) is 16.4 Å². The first kappa shape index (κ1) is 16.2. The highest BCUT2D eigenvalue weighted by Gasteiger charge is 2.16. The van der Waals surface area contributed by atoms with Crippen LogP contribution in [-0.4, -0.2) is 17.6 Å². The Kier molecular flexibility index (Phi) is 4.80. The molecule has 3 rings (SSSR count). The first-order valence-corrected chi connectivity index (χ1v) is 8.60. The Morgan fingerprint density at radius 3 is 2.74 bits per heavy atom. The molecule has 2 aromatic rings. The molecule has 0 spiro atoms. The number of halogens is 2. The second-order valence-corrected chi connectivity index (χ2v) is 6.89. The maximum Gasteiger partial charge on any atom is 0.255 e. The van der Waals surface area contributed by atoms with Gasteiger partial charge in [0.1, 0.15) is 0 Å². The van der Waals surface area contributed by atoms with Crippen LogP contribution in [0.25, 0.3) is 0 Å². The Morgan fingerprint density at radius 1 is 1.13 bits per heavy atom. The molecule has 0 aromatic heterocycles. The fourth-order valence-electron chi connectivity index (χ4n) is 2.14. The minimum Gasteiger partial charge on any atom is -0.325 e. The number of anilines is 2. The van der Waals surface area contributed by atoms with Crippen molar-refractivity contribution in [3.63, 3.8) is 0 Å². The smallest absolute Gasteiger partial charge is 0.255 e. The quantitative estimate of drug-likeness (QED) is 0.810. The van der Waals surface area contributed by atoms with Crippen LogP contribution in [0.15, 0.2) is 41.3 Å². The highest BCUT2D eigenvalue weighted by Crippen LogP contribution is 2.32. The Bertz CT molecular complexity index is 796. The van der Waals surface area contributed by atoms with E-state index in [0.717, 1.165) is 10.6 Å². The third-order valence-electron chi connectivity index (χ3n) is 3.28. The average molecular weight is 367 g/mol. The molecule has 118 valence electrons. The molecule has 0 radical (unpaired) electrons. The largest absolute Gasteiger partial charge is 0.325 e. The summed E-state index contributed by atoms with van der Waals surface area (Å²) >= 11 is 13.4. The number of hydrogen-bond acceptors (Lipinski definition) is 3. The number of carbonyl (C=O) groups excluding carboxylic acids is 2. The third-order valence-corrected chi connectivity index (χ3v) is 5.09. The van der Waals surface area contributed by atoms with Crippen LogP contribution in [0.3, 0.4) is 0 Å². The summed E-state index contributed by atoms with van der Waals surface area (Å²) in [5.41, 5.74) is 1.68. The number of fused-ring (bicyclic) bond motifs is 1. The molecular formula is C16H12Cl2N2O2S. The van der Waals surface area contributed by atoms with E-state index in [0.29, 0.717) is 33.4 Å². The molecule has 0 unspecified atom stereocenters. The van der Waals surface area contributed by atoms with E-state index in [2.05, 4.69) is 10.6 Å². The van der Waals surface area contributed by atoms with E-state index in [9.17, 15) is 9.59 Å². The average Bonchev–Trinajstić information content (AvgIpc) is 2.70. The van der Waals surface area contributed by atoms with E-state index in [1.54, 1.807) is 42.1 Å². The molecular weight excluding hydrogens is 355 g/mol. The van der Waals surface area contributed by atoms with E-state index in [-0.39, 0.29) is 11.8 Å². The van der Waals surface area contributed by atoms with Gasteiger partial charge in [-0.2, -0.15) is 0 Å². The number of thioether (sulfide) groups is 1. The van der Waals surface area contributed by atoms with Gasteiger partial charge in [0, 0.05) is 28.3 Å². The Labute approximate surface area is 147 Å². The molecule has 0 atom stereocenters. The molecule has 23 heavy (non-hydrogen) atoms. The van der Waals surface area contributed by atoms with Crippen LogP contribution in [0, 0.1) is 0 Å². The second kappa shape index (κ2) is 6.83. The predicted octanol–water partition coefficient (Wildman–Crippen LogP) is 4.68. The van der Waals surface area contributed by atoms with Crippen molar-refractivity contribution in [1.82, 2.24) is 0 Å². The number of rotatable bonds is 2. The number of carbonyl (C=O) groups is 2. The van der Waals surface area contributed by atoms with Crippen LogP contribution >= 0.6 is 35.0 Å². The summed E-state index contributed by atoms with van der Waals surface area (Å²) in [6, 6.07) is 10.1. The monoisotopic (exact) mass is 366 g/mol. The maximum absolute atomic E-state index is 12.4. The Hall–Kier alpha value is -1.69. The lowest BCUT2D eigenvalue weighted by molar-refractivity contribution is -0.115. The van der Waals surface area contributed by atoms with Crippen molar-refractivity contribution < 1.29 is 9.59 Å². The SMILES string of the molecule is O=C1CCSc2ccc(C(=O)Nc3ccc(Cl)c(Cl)c3)cc2N1. The Morgan fingerprint density at radius 2 is 1.96 bits per heavy atom. The van der Waals surface area contributed by atoms with Gasteiger partial charge in [-0.05, 0) is 36.4 Å². The summed E-state index contributed by atoms with van der Waals surface area (Å²) in [6.07, 6.45) is 0.462. The lowest BCUT2D eigenvalue weighted by atomic mass is 10.1. The fourth-order valence-corrected chi connectivity index (χ4v) is 3.37. The van der Waals surface area contributed by atoms with Gasteiger partial charge >= 0.3 is 0 Å². The van der Waals surface area contributed by atoms with Crippen molar-refractivity contribution in [2.24, 2.45) is 0 Å². The summed E-state index contributed by atoms with van der Waals surface area (Å²) in [6.45, 7) is 0. The highest BCUT2D eigenvalue weighted by atomic mass is 35.5. The van der Waals surface area contributed by atoms with Crippen LogP contribution in [0.2, 0.25) is 10.0 Å². The zero-order chi connectivity index (χ0) is 16.4. The van der Waals surface area contributed by atoms with E-state index in [4.69, 9.17) is 23.2 Å². The summed E-state index contributed by atoms with van der Waals surface area (Å²) in [7, 11) is 0. The lowest BCUT2D eigenvalue weighted by Crippen LogP contribution is -2.14. The second-order valence-electron chi connectivity index (χ2n) is 4.94. The minimum absolute atomic E-state index is 0.0432. The van der Waals surface area contributed by atoms with Crippen molar-refractivity contribution in [3.05, 3.63) is 52.0 Å². The van der Waals surface area contributed by atoms with E-state index >= 15 is 0 Å². The van der Waals surface area contributed by atoms with Crippen molar-refractivity contribution in [2.45, 2.75) is 11.3 Å². The van der Waals surface area contributed by atoms with Gasteiger partial charge < -0.3 is 10.6 Å². The molecule has 1 aliphatic rings. The van der Waals surface area contributed by atoms with Gasteiger partial charge in [-0.25, -0.2) is 0 Å². The molecule has 7 heteroatoms. The first-order valence-electron chi connectivity index (χ1n) is 6.86. The molecule has 0 fully saturated rings. The van der Waals surface area contributed by atoms with Crippen LogP contribution in [0.1, 0.15) is 16.8 Å². The van der Waals surface area contributed by atoms with Crippen molar-refractivity contribution >= 4 is 58.2 Å². The van der Waals surface area contributed by atoms with Crippen molar-refractivity contribution in [3.8, 4) is 0 Å². The number of benzene rings is 2. The molecule has 2 aromatic carbocycles. The third kappa shape index (κ3) is 3.80. The van der Waals surface area contributed by atoms with Crippen molar-refractivity contribution in [1.29, 1.82) is 0 Å². The maximum atomic E-state index is 12.4. The van der Waals surface area contributed by atoms with Gasteiger partial charge in [0.05, 0.1) is 15.7 Å². The first-order chi connectivity index (χ1) is 11.0. The van der Waals surface area contributed by atoms with Gasteiger partial charge in [-0.3, -0.25) is 9.59 Å². The number of nitrogens with one attached hydrogen (secondary N) is 2. The summed E-state index contributed by atoms with van der Waals surface area (Å²) in [5.74, 6) is 0.404. The summed E-state index contributed by atoms with van der Waals surface area (Å²) in [5, 5.41) is 6.37. The standard InChI is InChI=1S/C16H12Cl2N2O2S/c17-11-3-2-10(8-12(11)18)19-16(22)9-1-4-14-13(7-9)20-15(21)5-6-23-14/h1-4,7-8H,5-6H2,(H,19,22)(H,20,21). The molecule has 1 aliphatic heterocycles. The molecule has 1 heterocycles. The van der Waals surface area contributed by atoms with E-state index in [1.165, 1.54) is 0 Å². The fraction of sp³-hybridized carbons (Fsp3) is 0.125. The zero-order valence-electron chi connectivity index (χ0n) is 11.9. The Balaban J connectivity index is 1.82. The molecule has 4 nitrogen and oxygen atoms in total. The molecule has 0 aliphatic carbocycles. The molecule has 2 N–H and O–H groups in total. The van der Waals surface area contributed by atoms with E-state index in [1.807, 2.05) is 6.07 Å². The predicted molar refractivity (Wildman–Crippen MR) is 94.8 cm³/mol. The topological polar surface area (TPSA) is 58.2 Å². The number of amides is 2. The lowest BCUT2D eigenvalue weighted by Gasteiger charge is -2.10. The van der Waals surface area contributed by atoms with Crippen LogP contribution in [-0.2, 0) is 4.79 Å². The van der Waals surface area contributed by atoms with Crippen LogP contribution in [0.5, 0.6) is 0 Å². The zero-order valence-corrected chi connectivity index (χ0v) is 14.2.